The number of nitrogens with zero attached hydrogens (tertiary/aromatic N) is 3. The number of carbonyl (C=O) groups excluding carboxylic acids is 1. The van der Waals surface area contributed by atoms with E-state index in [0.717, 1.165) is 31.2 Å². The highest BCUT2D eigenvalue weighted by Gasteiger charge is 2.29. The predicted molar refractivity (Wildman–Crippen MR) is 84.0 cm³/mol. The summed E-state index contributed by atoms with van der Waals surface area (Å²) in [4.78, 5) is 20.6. The van der Waals surface area contributed by atoms with E-state index in [2.05, 4.69) is 22.0 Å². The van der Waals surface area contributed by atoms with Crippen molar-refractivity contribution in [3.8, 4) is 0 Å². The van der Waals surface area contributed by atoms with Gasteiger partial charge in [-0.2, -0.15) is 0 Å². The quantitative estimate of drug-likeness (QED) is 0.874. The molecule has 1 unspecified atom stereocenters. The summed E-state index contributed by atoms with van der Waals surface area (Å²) in [6.45, 7) is 5.07. The molecule has 110 valence electrons. The molecule has 5 heteroatoms. The fourth-order valence-corrected chi connectivity index (χ4v) is 3.50. The Bertz CT molecular complexity index is 585. The maximum Gasteiger partial charge on any atom is 0.220 e. The van der Waals surface area contributed by atoms with Crippen LogP contribution in [0.3, 0.4) is 0 Å². The van der Waals surface area contributed by atoms with Gasteiger partial charge in [0.25, 0.3) is 0 Å². The topological polar surface area (TPSA) is 36.4 Å². The Morgan fingerprint density at radius 1 is 1.33 bits per heavy atom. The zero-order valence-corrected chi connectivity index (χ0v) is 12.9. The molecule has 4 nitrogen and oxygen atoms in total. The van der Waals surface area contributed by atoms with Gasteiger partial charge in [-0.05, 0) is 5.56 Å². The lowest BCUT2D eigenvalue weighted by atomic mass is 10.0. The van der Waals surface area contributed by atoms with Crippen molar-refractivity contribution >= 4 is 17.2 Å². The van der Waals surface area contributed by atoms with Crippen LogP contribution in [0.2, 0.25) is 0 Å². The van der Waals surface area contributed by atoms with E-state index < -0.39 is 0 Å². The van der Waals surface area contributed by atoms with Gasteiger partial charge >= 0.3 is 0 Å². The van der Waals surface area contributed by atoms with E-state index in [9.17, 15) is 4.79 Å². The highest BCUT2D eigenvalue weighted by Crippen LogP contribution is 2.26. The van der Waals surface area contributed by atoms with Gasteiger partial charge in [0.05, 0.1) is 12.6 Å². The Morgan fingerprint density at radius 3 is 2.81 bits per heavy atom. The van der Waals surface area contributed by atoms with Crippen molar-refractivity contribution in [2.75, 3.05) is 19.6 Å². The molecule has 1 aliphatic heterocycles. The molecule has 1 fully saturated rings. The van der Waals surface area contributed by atoms with E-state index in [4.69, 9.17) is 0 Å². The van der Waals surface area contributed by atoms with Crippen molar-refractivity contribution in [3.63, 3.8) is 0 Å². The standard InChI is InChI=1S/C16H19N3OS/c1-13(20)19-9-8-18(12-16-17-7-10-21-16)11-15(19)14-5-3-2-4-6-14/h2-7,10,15H,8-9,11-12H2,1H3. The van der Waals surface area contributed by atoms with Crippen LogP contribution < -0.4 is 0 Å². The first-order valence-electron chi connectivity index (χ1n) is 7.17. The molecule has 0 N–H and O–H groups in total. The molecule has 2 heterocycles. The molecule has 1 saturated heterocycles. The third-order valence-corrected chi connectivity index (χ3v) is 4.66. The van der Waals surface area contributed by atoms with Crippen LogP contribution in [0.5, 0.6) is 0 Å². The lowest BCUT2D eigenvalue weighted by Gasteiger charge is -2.41. The number of piperazine rings is 1. The van der Waals surface area contributed by atoms with Crippen LogP contribution in [-0.2, 0) is 11.3 Å². The molecule has 1 aromatic carbocycles. The van der Waals surface area contributed by atoms with Gasteiger partial charge in [0.2, 0.25) is 5.91 Å². The van der Waals surface area contributed by atoms with Crippen LogP contribution in [0, 0.1) is 0 Å². The first kappa shape index (κ1) is 14.2. The SMILES string of the molecule is CC(=O)N1CCN(Cc2nccs2)CC1c1ccccc1. The minimum absolute atomic E-state index is 0.136. The Hall–Kier alpha value is -1.72. The van der Waals surface area contributed by atoms with Crippen LogP contribution in [0.1, 0.15) is 23.5 Å². The van der Waals surface area contributed by atoms with Crippen LogP contribution in [0.15, 0.2) is 41.9 Å². The summed E-state index contributed by atoms with van der Waals surface area (Å²) < 4.78 is 0. The average Bonchev–Trinajstić information content (AvgIpc) is 3.01. The summed E-state index contributed by atoms with van der Waals surface area (Å²) in [7, 11) is 0. The molecule has 1 atom stereocenters. The molecule has 21 heavy (non-hydrogen) atoms. The molecule has 0 radical (unpaired) electrons. The first-order valence-corrected chi connectivity index (χ1v) is 8.05. The van der Waals surface area contributed by atoms with Crippen molar-refractivity contribution in [1.29, 1.82) is 0 Å². The lowest BCUT2D eigenvalue weighted by Crippen LogP contribution is -2.49. The Morgan fingerprint density at radius 2 is 2.14 bits per heavy atom. The lowest BCUT2D eigenvalue weighted by molar-refractivity contribution is -0.134. The molecular weight excluding hydrogens is 282 g/mol. The van der Waals surface area contributed by atoms with Crippen LogP contribution in [-0.4, -0.2) is 40.3 Å². The number of hydrogen-bond donors (Lipinski definition) is 0. The van der Waals surface area contributed by atoms with Gasteiger partial charge in [-0.1, -0.05) is 30.3 Å². The van der Waals surface area contributed by atoms with Gasteiger partial charge in [-0.25, -0.2) is 4.98 Å². The second kappa shape index (κ2) is 6.37. The van der Waals surface area contributed by atoms with Gasteiger partial charge in [0, 0.05) is 38.1 Å². The number of amides is 1. The molecule has 0 saturated carbocycles. The summed E-state index contributed by atoms with van der Waals surface area (Å²) in [5.74, 6) is 0.151. The van der Waals surface area contributed by atoms with Crippen molar-refractivity contribution < 1.29 is 4.79 Å². The van der Waals surface area contributed by atoms with Crippen LogP contribution in [0.25, 0.3) is 0 Å². The molecule has 0 spiro atoms. The van der Waals surface area contributed by atoms with Crippen LogP contribution in [0.4, 0.5) is 0 Å². The smallest absolute Gasteiger partial charge is 0.220 e. The first-order chi connectivity index (χ1) is 10.2. The van der Waals surface area contributed by atoms with Gasteiger partial charge < -0.3 is 4.90 Å². The Labute approximate surface area is 129 Å². The van der Waals surface area contributed by atoms with Gasteiger partial charge in [0.15, 0.2) is 0 Å². The second-order valence-corrected chi connectivity index (χ2v) is 6.28. The highest BCUT2D eigenvalue weighted by molar-refractivity contribution is 7.09. The number of carbonyl (C=O) groups is 1. The number of hydrogen-bond acceptors (Lipinski definition) is 4. The predicted octanol–water partition coefficient (Wildman–Crippen LogP) is 2.55. The van der Waals surface area contributed by atoms with E-state index in [1.165, 1.54) is 5.56 Å². The van der Waals surface area contributed by atoms with E-state index in [1.54, 1.807) is 18.3 Å². The third-order valence-electron chi connectivity index (χ3n) is 3.90. The number of rotatable bonds is 3. The van der Waals surface area contributed by atoms with E-state index in [0.29, 0.717) is 0 Å². The zero-order chi connectivity index (χ0) is 14.7. The summed E-state index contributed by atoms with van der Waals surface area (Å²) >= 11 is 1.69. The largest absolute Gasteiger partial charge is 0.333 e. The molecule has 0 bridgehead atoms. The fourth-order valence-electron chi connectivity index (χ4n) is 2.84. The van der Waals surface area contributed by atoms with Gasteiger partial charge in [0.1, 0.15) is 5.01 Å². The maximum absolute atomic E-state index is 11.9. The van der Waals surface area contributed by atoms with E-state index >= 15 is 0 Å². The molecule has 3 rings (SSSR count). The molecule has 0 aliphatic carbocycles. The molecule has 1 amide bonds. The maximum atomic E-state index is 11.9. The number of aromatic nitrogens is 1. The van der Waals surface area contributed by atoms with Crippen molar-refractivity contribution in [1.82, 2.24) is 14.8 Å². The fraction of sp³-hybridized carbons (Fsp3) is 0.375. The molecule has 2 aromatic rings. The number of benzene rings is 1. The van der Waals surface area contributed by atoms with Crippen molar-refractivity contribution in [3.05, 3.63) is 52.5 Å². The Balaban J connectivity index is 1.77. The zero-order valence-electron chi connectivity index (χ0n) is 12.1. The average molecular weight is 301 g/mol. The minimum atomic E-state index is 0.136. The summed E-state index contributed by atoms with van der Waals surface area (Å²) in [6.07, 6.45) is 1.85. The molecular formula is C16H19N3OS. The summed E-state index contributed by atoms with van der Waals surface area (Å²) in [6, 6.07) is 10.4. The van der Waals surface area contributed by atoms with Gasteiger partial charge in [-0.3, -0.25) is 9.69 Å². The minimum Gasteiger partial charge on any atom is -0.333 e. The summed E-state index contributed by atoms with van der Waals surface area (Å²) in [5.41, 5.74) is 1.21. The third kappa shape index (κ3) is 3.31. The normalized spacial score (nSPS) is 19.7. The van der Waals surface area contributed by atoms with Crippen molar-refractivity contribution in [2.24, 2.45) is 0 Å². The Kier molecular flexibility index (Phi) is 4.31. The molecule has 1 aliphatic rings. The second-order valence-electron chi connectivity index (χ2n) is 5.30. The van der Waals surface area contributed by atoms with E-state index in [1.807, 2.05) is 34.7 Å². The van der Waals surface area contributed by atoms with E-state index in [-0.39, 0.29) is 11.9 Å². The number of thiazole rings is 1. The van der Waals surface area contributed by atoms with Gasteiger partial charge in [-0.15, -0.1) is 11.3 Å². The monoisotopic (exact) mass is 301 g/mol. The summed E-state index contributed by atoms with van der Waals surface area (Å²) in [5, 5.41) is 3.15. The van der Waals surface area contributed by atoms with Crippen LogP contribution >= 0.6 is 11.3 Å². The highest BCUT2D eigenvalue weighted by atomic mass is 32.1. The van der Waals surface area contributed by atoms with Crippen molar-refractivity contribution in [2.45, 2.75) is 19.5 Å². The molecule has 1 aromatic heterocycles.